The summed E-state index contributed by atoms with van der Waals surface area (Å²) < 4.78 is 1.49. The number of hydrogen-bond acceptors (Lipinski definition) is 9. The molecule has 0 aliphatic rings. The largest absolute Gasteiger partial charge is 0.382 e. The Morgan fingerprint density at radius 3 is 2.74 bits per heavy atom. The van der Waals surface area contributed by atoms with Gasteiger partial charge in [-0.2, -0.15) is 15.2 Å². The van der Waals surface area contributed by atoms with Crippen molar-refractivity contribution in [1.29, 1.82) is 5.26 Å². The summed E-state index contributed by atoms with van der Waals surface area (Å²) in [7, 11) is 0. The van der Waals surface area contributed by atoms with E-state index in [0.29, 0.717) is 33.9 Å². The van der Waals surface area contributed by atoms with Gasteiger partial charge in [0.25, 0.3) is 5.56 Å². The van der Waals surface area contributed by atoms with Crippen LogP contribution in [0.1, 0.15) is 11.4 Å². The van der Waals surface area contributed by atoms with Gasteiger partial charge in [0.2, 0.25) is 5.95 Å². The summed E-state index contributed by atoms with van der Waals surface area (Å²) in [6.45, 7) is 0.285. The zero-order valence-electron chi connectivity index (χ0n) is 16.1. The summed E-state index contributed by atoms with van der Waals surface area (Å²) in [5, 5.41) is 13.1. The molecule has 154 valence electrons. The smallest absolute Gasteiger partial charge is 0.266 e. The summed E-state index contributed by atoms with van der Waals surface area (Å²) in [5.74, 6) is 0.600. The highest BCUT2D eigenvalue weighted by Crippen LogP contribution is 2.21. The van der Waals surface area contributed by atoms with Crippen LogP contribution in [0.4, 0.5) is 17.6 Å². The number of aromatic nitrogens is 5. The van der Waals surface area contributed by atoms with E-state index in [1.165, 1.54) is 4.57 Å². The minimum atomic E-state index is -0.260. The molecule has 4 rings (SSSR count). The number of benzene rings is 1. The molecule has 0 saturated heterocycles. The highest BCUT2D eigenvalue weighted by molar-refractivity contribution is 6.34. The number of nitrogens with zero attached hydrogens (tertiary/aromatic N) is 6. The van der Waals surface area contributed by atoms with Gasteiger partial charge in [-0.3, -0.25) is 14.3 Å². The molecule has 0 unspecified atom stereocenters. The lowest BCUT2D eigenvalue weighted by Gasteiger charge is -2.15. The fourth-order valence-corrected chi connectivity index (χ4v) is 3.38. The topological polar surface area (TPSA) is 161 Å². The Bertz CT molecular complexity index is 1380. The van der Waals surface area contributed by atoms with Crippen LogP contribution in [0, 0.1) is 11.3 Å². The van der Waals surface area contributed by atoms with Gasteiger partial charge in [0.1, 0.15) is 23.3 Å². The molecule has 3 aromatic heterocycles. The van der Waals surface area contributed by atoms with E-state index < -0.39 is 0 Å². The second-order valence-electron chi connectivity index (χ2n) is 6.50. The Hall–Kier alpha value is -4.23. The van der Waals surface area contributed by atoms with Gasteiger partial charge in [-0.25, -0.2) is 4.98 Å². The molecule has 0 spiro atoms. The predicted molar refractivity (Wildman–Crippen MR) is 118 cm³/mol. The molecule has 31 heavy (non-hydrogen) atoms. The van der Waals surface area contributed by atoms with Crippen LogP contribution < -0.4 is 22.3 Å². The van der Waals surface area contributed by atoms with Gasteiger partial charge in [0, 0.05) is 19.2 Å². The number of nitrogens with one attached hydrogen (secondary N) is 1. The van der Waals surface area contributed by atoms with E-state index in [-0.39, 0.29) is 35.3 Å². The van der Waals surface area contributed by atoms with E-state index in [2.05, 4.69) is 25.3 Å². The first-order valence-corrected chi connectivity index (χ1v) is 9.55. The van der Waals surface area contributed by atoms with Gasteiger partial charge in [-0.1, -0.05) is 17.7 Å². The van der Waals surface area contributed by atoms with E-state index >= 15 is 0 Å². The molecule has 11 heteroatoms. The van der Waals surface area contributed by atoms with Crippen LogP contribution in [0.25, 0.3) is 16.6 Å². The van der Waals surface area contributed by atoms with Gasteiger partial charge in [-0.05, 0) is 24.3 Å². The first-order valence-electron chi connectivity index (χ1n) is 9.17. The highest BCUT2D eigenvalue weighted by atomic mass is 35.5. The van der Waals surface area contributed by atoms with Crippen molar-refractivity contribution in [2.75, 3.05) is 23.3 Å². The van der Waals surface area contributed by atoms with Crippen LogP contribution in [0.15, 0.2) is 47.5 Å². The van der Waals surface area contributed by atoms with Crippen molar-refractivity contribution in [2.24, 2.45) is 0 Å². The van der Waals surface area contributed by atoms with E-state index in [9.17, 15) is 10.1 Å². The number of hydrogen-bond donors (Lipinski definition) is 3. The monoisotopic (exact) mass is 433 g/mol. The van der Waals surface area contributed by atoms with E-state index in [1.807, 2.05) is 6.07 Å². The van der Waals surface area contributed by atoms with Crippen LogP contribution in [0.2, 0.25) is 5.02 Å². The summed E-state index contributed by atoms with van der Waals surface area (Å²) in [6, 6.07) is 10.5. The Morgan fingerprint density at radius 1 is 1.16 bits per heavy atom. The zero-order valence-corrected chi connectivity index (χ0v) is 16.8. The number of nitrogen functional groups attached to an aromatic ring is 2. The standard InChI is InChI=1S/C20H16ClN9O/c21-14-5-1-4-12-16(14)27-15(30(19(12)31)11-3-2-7-25-10-11)6-8-26-18-13(9-22)17(23)28-20(24)29-18/h1-5,7,10H,6,8H2,(H5,23,24,26,28,29). The number of halogens is 1. The summed E-state index contributed by atoms with van der Waals surface area (Å²) in [4.78, 5) is 29.8. The lowest BCUT2D eigenvalue weighted by molar-refractivity contribution is 0.806. The van der Waals surface area contributed by atoms with Crippen LogP contribution in [0.5, 0.6) is 0 Å². The molecule has 0 fully saturated rings. The fourth-order valence-electron chi connectivity index (χ4n) is 3.17. The number of rotatable bonds is 5. The number of para-hydroxylation sites is 1. The lowest BCUT2D eigenvalue weighted by Crippen LogP contribution is -2.25. The molecule has 0 saturated carbocycles. The van der Waals surface area contributed by atoms with Crippen LogP contribution in [-0.2, 0) is 6.42 Å². The summed E-state index contributed by atoms with van der Waals surface area (Å²) in [6.07, 6.45) is 3.50. The number of nitrogens with two attached hydrogens (primary N) is 2. The van der Waals surface area contributed by atoms with Crippen molar-refractivity contribution in [1.82, 2.24) is 24.5 Å². The maximum Gasteiger partial charge on any atom is 0.266 e. The van der Waals surface area contributed by atoms with Gasteiger partial charge < -0.3 is 16.8 Å². The van der Waals surface area contributed by atoms with E-state index in [4.69, 9.17) is 23.1 Å². The average molecular weight is 434 g/mol. The molecule has 0 aliphatic heterocycles. The maximum absolute atomic E-state index is 13.2. The van der Waals surface area contributed by atoms with Gasteiger partial charge in [0.05, 0.1) is 27.8 Å². The van der Waals surface area contributed by atoms with Crippen molar-refractivity contribution in [3.63, 3.8) is 0 Å². The minimum Gasteiger partial charge on any atom is -0.382 e. The van der Waals surface area contributed by atoms with Crippen LogP contribution in [-0.4, -0.2) is 31.0 Å². The first-order chi connectivity index (χ1) is 15.0. The third-order valence-electron chi connectivity index (χ3n) is 4.53. The summed E-state index contributed by atoms with van der Waals surface area (Å²) >= 11 is 6.28. The van der Waals surface area contributed by atoms with Gasteiger partial charge in [0.15, 0.2) is 5.82 Å². The molecule has 0 bridgehead atoms. The number of anilines is 3. The Kier molecular flexibility index (Phi) is 5.34. The number of pyridine rings is 1. The molecular formula is C20H16ClN9O. The van der Waals surface area contributed by atoms with Crippen molar-refractivity contribution < 1.29 is 0 Å². The normalized spacial score (nSPS) is 10.7. The van der Waals surface area contributed by atoms with Gasteiger partial charge >= 0.3 is 0 Å². The SMILES string of the molecule is N#Cc1c(N)nc(N)nc1NCCc1nc2c(Cl)cccc2c(=O)n1-c1cccnc1. The average Bonchev–Trinajstić information content (AvgIpc) is 2.75. The highest BCUT2D eigenvalue weighted by Gasteiger charge is 2.16. The maximum atomic E-state index is 13.2. The van der Waals surface area contributed by atoms with E-state index in [1.54, 1.807) is 42.7 Å². The van der Waals surface area contributed by atoms with E-state index in [0.717, 1.165) is 0 Å². The second kappa shape index (κ2) is 8.25. The molecule has 3 heterocycles. The number of nitriles is 1. The minimum absolute atomic E-state index is 0.0135. The van der Waals surface area contributed by atoms with Gasteiger partial charge in [-0.15, -0.1) is 0 Å². The molecule has 4 aromatic rings. The zero-order chi connectivity index (χ0) is 22.0. The first kappa shape index (κ1) is 20.1. The molecule has 0 amide bonds. The predicted octanol–water partition coefficient (Wildman–Crippen LogP) is 1.91. The summed E-state index contributed by atoms with van der Waals surface area (Å²) in [5.41, 5.74) is 12.2. The third kappa shape index (κ3) is 3.82. The quantitative estimate of drug-likeness (QED) is 0.426. The Labute approximate surface area is 181 Å². The molecule has 0 radical (unpaired) electrons. The van der Waals surface area contributed by atoms with Crippen LogP contribution >= 0.6 is 11.6 Å². The Morgan fingerprint density at radius 2 is 2.00 bits per heavy atom. The van der Waals surface area contributed by atoms with Crippen molar-refractivity contribution in [2.45, 2.75) is 6.42 Å². The lowest BCUT2D eigenvalue weighted by atomic mass is 10.2. The molecule has 10 nitrogen and oxygen atoms in total. The third-order valence-corrected chi connectivity index (χ3v) is 4.84. The van der Waals surface area contributed by atoms with Crippen molar-refractivity contribution >= 4 is 40.1 Å². The number of fused-ring (bicyclic) bond motifs is 1. The molecular weight excluding hydrogens is 418 g/mol. The molecule has 1 aromatic carbocycles. The molecule has 5 N–H and O–H groups in total. The second-order valence-corrected chi connectivity index (χ2v) is 6.90. The molecule has 0 atom stereocenters. The van der Waals surface area contributed by atoms with Crippen LogP contribution in [0.3, 0.4) is 0 Å². The van der Waals surface area contributed by atoms with Crippen molar-refractivity contribution in [3.8, 4) is 11.8 Å². The Balaban J connectivity index is 1.75. The fraction of sp³-hybridized carbons (Fsp3) is 0.100. The molecule has 0 aliphatic carbocycles. The van der Waals surface area contributed by atoms with Crippen molar-refractivity contribution in [3.05, 3.63) is 69.5 Å².